The van der Waals surface area contributed by atoms with Crippen LogP contribution in [0.25, 0.3) is 16.7 Å². The molecule has 0 bridgehead atoms. The summed E-state index contributed by atoms with van der Waals surface area (Å²) in [6.07, 6.45) is 0. The zero-order chi connectivity index (χ0) is 20.1. The van der Waals surface area contributed by atoms with Crippen molar-refractivity contribution < 1.29 is 14.6 Å². The van der Waals surface area contributed by atoms with Crippen molar-refractivity contribution in [1.82, 2.24) is 0 Å². The molecule has 0 atom stereocenters. The van der Waals surface area contributed by atoms with Gasteiger partial charge in [0.05, 0.1) is 5.57 Å². The molecule has 1 aliphatic rings. The molecule has 0 aromatic heterocycles. The lowest BCUT2D eigenvalue weighted by Gasteiger charge is -2.40. The van der Waals surface area contributed by atoms with Crippen LogP contribution in [-0.2, 0) is 9.53 Å². The molecule has 3 nitrogen and oxygen atoms in total. The van der Waals surface area contributed by atoms with Crippen LogP contribution in [0.3, 0.4) is 0 Å². The molecular weight excluding hydrogens is 360 g/mol. The molecule has 0 fully saturated rings. The molecule has 4 heteroatoms. The van der Waals surface area contributed by atoms with E-state index >= 15 is 0 Å². The van der Waals surface area contributed by atoms with Gasteiger partial charge in [-0.3, -0.25) is 4.79 Å². The van der Waals surface area contributed by atoms with E-state index in [0.29, 0.717) is 5.57 Å². The Bertz CT molecular complexity index is 968. The van der Waals surface area contributed by atoms with E-state index in [1.54, 1.807) is 27.7 Å². The highest BCUT2D eigenvalue weighted by molar-refractivity contribution is 6.31. The van der Waals surface area contributed by atoms with E-state index in [2.05, 4.69) is 0 Å². The maximum Gasteiger partial charge on any atom is 0.198 e. The first kappa shape index (κ1) is 19.7. The van der Waals surface area contributed by atoms with Crippen molar-refractivity contribution in [3.05, 3.63) is 63.9 Å². The van der Waals surface area contributed by atoms with Crippen LogP contribution in [0.5, 0.6) is 0 Å². The lowest BCUT2D eigenvalue weighted by atomic mass is 9.81. The third kappa shape index (κ3) is 3.42. The van der Waals surface area contributed by atoms with Crippen molar-refractivity contribution >= 4 is 23.0 Å². The highest BCUT2D eigenvalue weighted by atomic mass is 35.5. The van der Waals surface area contributed by atoms with Gasteiger partial charge in [-0.1, -0.05) is 29.8 Å². The molecule has 1 aliphatic heterocycles. The molecule has 0 amide bonds. The molecule has 1 heterocycles. The Morgan fingerprint density at radius 3 is 2.11 bits per heavy atom. The molecule has 0 spiro atoms. The monoisotopic (exact) mass is 384 g/mol. The minimum atomic E-state index is -1.01. The van der Waals surface area contributed by atoms with Crippen molar-refractivity contribution in [2.24, 2.45) is 0 Å². The molecule has 2 aromatic rings. The summed E-state index contributed by atoms with van der Waals surface area (Å²) in [5.74, 6) is -0.244. The summed E-state index contributed by atoms with van der Waals surface area (Å²) in [7, 11) is 0. The van der Waals surface area contributed by atoms with Crippen molar-refractivity contribution in [2.75, 3.05) is 0 Å². The van der Waals surface area contributed by atoms with Crippen LogP contribution in [0.15, 0.2) is 42.2 Å². The third-order valence-electron chi connectivity index (χ3n) is 5.09. The van der Waals surface area contributed by atoms with Gasteiger partial charge in [-0.05, 0) is 87.6 Å². The SMILES string of the molecule is Cc1cc(-c2ccc(C)c(C3=C(O)C(C)(C)OC(C)(C)C3=O)c2)ccc1Cl. The number of ketones is 1. The van der Waals surface area contributed by atoms with Crippen LogP contribution in [0.1, 0.15) is 44.4 Å². The van der Waals surface area contributed by atoms with E-state index in [0.717, 1.165) is 32.8 Å². The van der Waals surface area contributed by atoms with Crippen LogP contribution >= 0.6 is 11.6 Å². The lowest BCUT2D eigenvalue weighted by Crippen LogP contribution is -2.49. The number of aliphatic hydroxyl groups excluding tert-OH is 1. The third-order valence-corrected chi connectivity index (χ3v) is 5.51. The molecule has 0 aliphatic carbocycles. The van der Waals surface area contributed by atoms with Crippen molar-refractivity contribution in [3.63, 3.8) is 0 Å². The zero-order valence-corrected chi connectivity index (χ0v) is 17.4. The standard InChI is InChI=1S/C23H25ClO3/c1-13-7-8-16(15-9-10-18(24)14(2)11-15)12-17(13)19-20(25)22(3,4)27-23(5,6)21(19)26/h7-12,25H,1-6H3. The van der Waals surface area contributed by atoms with Crippen molar-refractivity contribution in [1.29, 1.82) is 0 Å². The van der Waals surface area contributed by atoms with Gasteiger partial charge in [0.15, 0.2) is 5.78 Å². The Morgan fingerprint density at radius 2 is 1.48 bits per heavy atom. The molecule has 142 valence electrons. The fourth-order valence-corrected chi connectivity index (χ4v) is 3.70. The summed E-state index contributed by atoms with van der Waals surface area (Å²) in [5.41, 5.74) is 3.00. The van der Waals surface area contributed by atoms with E-state index in [-0.39, 0.29) is 11.5 Å². The van der Waals surface area contributed by atoms with Gasteiger partial charge in [0.1, 0.15) is 17.0 Å². The van der Waals surface area contributed by atoms with Gasteiger partial charge in [-0.25, -0.2) is 0 Å². The first-order chi connectivity index (χ1) is 12.4. The summed E-state index contributed by atoms with van der Waals surface area (Å²) in [6.45, 7) is 10.9. The molecule has 27 heavy (non-hydrogen) atoms. The van der Waals surface area contributed by atoms with Crippen molar-refractivity contribution in [2.45, 2.75) is 52.7 Å². The van der Waals surface area contributed by atoms with Gasteiger partial charge in [-0.2, -0.15) is 0 Å². The largest absolute Gasteiger partial charge is 0.508 e. The molecule has 0 saturated heterocycles. The number of rotatable bonds is 2. The van der Waals surface area contributed by atoms with Gasteiger partial charge in [0.2, 0.25) is 0 Å². The Labute approximate surface area is 165 Å². The van der Waals surface area contributed by atoms with Crippen LogP contribution in [0.4, 0.5) is 0 Å². The predicted molar refractivity (Wildman–Crippen MR) is 110 cm³/mol. The predicted octanol–water partition coefficient (Wildman–Crippen LogP) is 6.05. The first-order valence-corrected chi connectivity index (χ1v) is 9.38. The summed E-state index contributed by atoms with van der Waals surface area (Å²) in [4.78, 5) is 13.1. The van der Waals surface area contributed by atoms with Gasteiger partial charge in [-0.15, -0.1) is 0 Å². The normalized spacial score (nSPS) is 18.7. The van der Waals surface area contributed by atoms with Gasteiger partial charge >= 0.3 is 0 Å². The fourth-order valence-electron chi connectivity index (χ4n) is 3.59. The fraction of sp³-hybridized carbons (Fsp3) is 0.348. The zero-order valence-electron chi connectivity index (χ0n) is 16.6. The summed E-state index contributed by atoms with van der Waals surface area (Å²) in [6, 6.07) is 11.8. The van der Waals surface area contributed by atoms with Crippen LogP contribution < -0.4 is 0 Å². The summed E-state index contributed by atoms with van der Waals surface area (Å²) >= 11 is 6.15. The maximum atomic E-state index is 13.1. The topological polar surface area (TPSA) is 46.5 Å². The van der Waals surface area contributed by atoms with Crippen LogP contribution in [-0.4, -0.2) is 22.1 Å². The number of carbonyl (C=O) groups excluding carboxylic acids is 1. The first-order valence-electron chi connectivity index (χ1n) is 9.00. The number of aliphatic hydroxyl groups is 1. The number of hydrogen-bond acceptors (Lipinski definition) is 3. The molecule has 0 saturated carbocycles. The summed E-state index contributed by atoms with van der Waals surface area (Å²) < 4.78 is 5.85. The number of ether oxygens (including phenoxy) is 1. The number of benzene rings is 2. The van der Waals surface area contributed by atoms with Crippen LogP contribution in [0.2, 0.25) is 5.02 Å². The van der Waals surface area contributed by atoms with Crippen molar-refractivity contribution in [3.8, 4) is 11.1 Å². The highest BCUT2D eigenvalue weighted by Crippen LogP contribution is 2.41. The molecule has 0 unspecified atom stereocenters. The van der Waals surface area contributed by atoms with E-state index in [4.69, 9.17) is 16.3 Å². The average molecular weight is 385 g/mol. The van der Waals surface area contributed by atoms with Gasteiger partial charge < -0.3 is 9.84 Å². The van der Waals surface area contributed by atoms with E-state index in [1.807, 2.05) is 50.2 Å². The molecule has 2 aromatic carbocycles. The lowest BCUT2D eigenvalue weighted by molar-refractivity contribution is -0.158. The quantitative estimate of drug-likeness (QED) is 0.685. The van der Waals surface area contributed by atoms with Gasteiger partial charge in [0, 0.05) is 5.02 Å². The molecule has 3 rings (SSSR count). The number of aryl methyl sites for hydroxylation is 2. The number of halogens is 1. The second-order valence-corrected chi connectivity index (χ2v) is 8.58. The van der Waals surface area contributed by atoms with Gasteiger partial charge in [0.25, 0.3) is 0 Å². The Morgan fingerprint density at radius 1 is 0.889 bits per heavy atom. The second kappa shape index (κ2) is 6.50. The smallest absolute Gasteiger partial charge is 0.198 e. The van der Waals surface area contributed by atoms with E-state index in [1.165, 1.54) is 0 Å². The minimum absolute atomic E-state index is 0.0284. The Hall–Kier alpha value is -2.10. The average Bonchev–Trinajstić information content (AvgIpc) is 2.57. The number of hydrogen-bond donors (Lipinski definition) is 1. The number of carbonyl (C=O) groups is 1. The molecular formula is C23H25ClO3. The Kier molecular flexibility index (Phi) is 4.73. The number of Topliss-reactive ketones (excluding diaryl/α,β-unsaturated/α-hetero) is 1. The molecule has 0 radical (unpaired) electrons. The Balaban J connectivity index is 2.22. The second-order valence-electron chi connectivity index (χ2n) is 8.17. The van der Waals surface area contributed by atoms with E-state index < -0.39 is 11.2 Å². The molecule has 1 N–H and O–H groups in total. The summed E-state index contributed by atoms with van der Waals surface area (Å²) in [5, 5.41) is 11.6. The highest BCUT2D eigenvalue weighted by Gasteiger charge is 2.47. The van der Waals surface area contributed by atoms with E-state index in [9.17, 15) is 9.90 Å². The minimum Gasteiger partial charge on any atom is -0.508 e. The van der Waals surface area contributed by atoms with Crippen LogP contribution in [0, 0.1) is 13.8 Å². The maximum absolute atomic E-state index is 13.1.